The number of allylic oxidation sites excluding steroid dienone is 1. The first-order valence-electron chi connectivity index (χ1n) is 9.50. The summed E-state index contributed by atoms with van der Waals surface area (Å²) in [7, 11) is 0. The molecule has 0 radical (unpaired) electrons. The van der Waals surface area contributed by atoms with Gasteiger partial charge in [-0.25, -0.2) is 4.98 Å². The molecule has 1 saturated carbocycles. The molecular weight excluding hydrogens is 358 g/mol. The second kappa shape index (κ2) is 8.02. The highest BCUT2D eigenvalue weighted by Crippen LogP contribution is 2.30. The number of hydrogen-bond acceptors (Lipinski definition) is 4. The number of nitrogens with zero attached hydrogens (tertiary/aromatic N) is 2. The van der Waals surface area contributed by atoms with Gasteiger partial charge < -0.3 is 10.1 Å². The molecule has 4 nitrogen and oxygen atoms in total. The van der Waals surface area contributed by atoms with Crippen molar-refractivity contribution < 1.29 is 4.74 Å². The van der Waals surface area contributed by atoms with Gasteiger partial charge in [-0.15, -0.1) is 0 Å². The third kappa shape index (κ3) is 4.09. The minimum Gasteiger partial charge on any atom is -0.490 e. The van der Waals surface area contributed by atoms with Crippen LogP contribution < -0.4 is 10.1 Å². The van der Waals surface area contributed by atoms with Crippen LogP contribution in [0.3, 0.4) is 0 Å². The third-order valence-corrected chi connectivity index (χ3v) is 5.64. The molecule has 2 aliphatic carbocycles. The first kappa shape index (κ1) is 17.9. The van der Waals surface area contributed by atoms with Crippen molar-refractivity contribution in [3.8, 4) is 11.8 Å². The van der Waals surface area contributed by atoms with Crippen LogP contribution in [0.25, 0.3) is 6.08 Å². The largest absolute Gasteiger partial charge is 0.490 e. The number of benzene rings is 1. The van der Waals surface area contributed by atoms with E-state index in [0.29, 0.717) is 16.6 Å². The van der Waals surface area contributed by atoms with Crippen molar-refractivity contribution >= 4 is 23.5 Å². The highest BCUT2D eigenvalue weighted by atomic mass is 35.5. The number of aromatic nitrogens is 1. The summed E-state index contributed by atoms with van der Waals surface area (Å²) < 4.78 is 6.08. The third-order valence-electron chi connectivity index (χ3n) is 5.32. The number of halogens is 1. The van der Waals surface area contributed by atoms with E-state index in [1.807, 2.05) is 12.3 Å². The van der Waals surface area contributed by atoms with Crippen molar-refractivity contribution in [2.24, 2.45) is 0 Å². The fraction of sp³-hybridized carbons (Fsp3) is 0.364. The van der Waals surface area contributed by atoms with Gasteiger partial charge in [0.25, 0.3) is 0 Å². The summed E-state index contributed by atoms with van der Waals surface area (Å²) in [6.07, 6.45) is 12.8. The number of rotatable bonds is 4. The van der Waals surface area contributed by atoms with E-state index < -0.39 is 0 Å². The number of ether oxygens (including phenoxy) is 1. The zero-order chi connectivity index (χ0) is 18.6. The molecule has 0 saturated heterocycles. The smallest absolute Gasteiger partial charge is 0.133 e. The number of fused-ring (bicyclic) bond motifs is 1. The predicted molar refractivity (Wildman–Crippen MR) is 108 cm³/mol. The first-order chi connectivity index (χ1) is 13.2. The van der Waals surface area contributed by atoms with E-state index in [0.717, 1.165) is 50.1 Å². The average Bonchev–Trinajstić information content (AvgIpc) is 2.70. The number of hydrogen-bond donors (Lipinski definition) is 1. The summed E-state index contributed by atoms with van der Waals surface area (Å²) in [4.78, 5) is 4.56. The molecular formula is C22H22ClN3O. The number of aryl methyl sites for hydroxylation is 1. The maximum absolute atomic E-state index is 8.96. The number of nitrogens with one attached hydrogen (secondary N) is 1. The Morgan fingerprint density at radius 1 is 1.19 bits per heavy atom. The van der Waals surface area contributed by atoms with Crippen LogP contribution >= 0.6 is 11.6 Å². The van der Waals surface area contributed by atoms with Crippen molar-refractivity contribution in [3.05, 3.63) is 58.3 Å². The molecule has 0 spiro atoms. The zero-order valence-corrected chi connectivity index (χ0v) is 15.9. The van der Waals surface area contributed by atoms with Gasteiger partial charge in [0.05, 0.1) is 16.7 Å². The van der Waals surface area contributed by atoms with Crippen molar-refractivity contribution in [1.29, 1.82) is 5.26 Å². The molecule has 1 fully saturated rings. The zero-order valence-electron chi connectivity index (χ0n) is 15.1. The fourth-order valence-corrected chi connectivity index (χ4v) is 4.06. The Kier molecular flexibility index (Phi) is 5.31. The molecule has 4 rings (SSSR count). The van der Waals surface area contributed by atoms with Crippen LogP contribution in [-0.2, 0) is 6.42 Å². The van der Waals surface area contributed by atoms with Gasteiger partial charge in [-0.3, -0.25) is 0 Å². The Labute approximate surface area is 164 Å². The number of anilines is 1. The summed E-state index contributed by atoms with van der Waals surface area (Å²) in [5, 5.41) is 13.0. The van der Waals surface area contributed by atoms with Crippen LogP contribution in [-0.4, -0.2) is 17.1 Å². The van der Waals surface area contributed by atoms with Gasteiger partial charge in [0.1, 0.15) is 17.6 Å². The van der Waals surface area contributed by atoms with Gasteiger partial charge in [0.2, 0.25) is 0 Å². The Morgan fingerprint density at radius 3 is 2.81 bits per heavy atom. The lowest BCUT2D eigenvalue weighted by molar-refractivity contribution is 0.150. The molecule has 1 N–H and O–H groups in total. The summed E-state index contributed by atoms with van der Waals surface area (Å²) in [6.45, 7) is 0. The van der Waals surface area contributed by atoms with Crippen molar-refractivity contribution in [2.45, 2.75) is 50.7 Å². The lowest BCUT2D eigenvalue weighted by Crippen LogP contribution is -2.31. The topological polar surface area (TPSA) is 57.9 Å². The maximum Gasteiger partial charge on any atom is 0.133 e. The number of nitriles is 1. The predicted octanol–water partition coefficient (Wildman–Crippen LogP) is 5.37. The standard InChI is InChI=1S/C22H22ClN3O/c23-21-13-19(8-5-16(21)14-24)27-18-9-6-17(7-10-18)26-22-20-4-2-1-3-15(20)11-12-25-22/h2,4-5,8,11-13,17-18H,1,3,6-7,9-10H2,(H,25,26)/t17-,18-. The second-order valence-electron chi connectivity index (χ2n) is 7.16. The van der Waals surface area contributed by atoms with E-state index in [1.54, 1.807) is 12.1 Å². The first-order valence-corrected chi connectivity index (χ1v) is 9.88. The van der Waals surface area contributed by atoms with Crippen molar-refractivity contribution in [1.82, 2.24) is 4.98 Å². The van der Waals surface area contributed by atoms with E-state index in [4.69, 9.17) is 21.6 Å². The van der Waals surface area contributed by atoms with Crippen LogP contribution in [0.5, 0.6) is 5.75 Å². The summed E-state index contributed by atoms with van der Waals surface area (Å²) in [5.74, 6) is 1.74. The van der Waals surface area contributed by atoms with Crippen LogP contribution in [0.2, 0.25) is 5.02 Å². The molecule has 2 aliphatic rings. The Bertz CT molecular complexity index is 895. The van der Waals surface area contributed by atoms with E-state index in [9.17, 15) is 0 Å². The highest BCUT2D eigenvalue weighted by molar-refractivity contribution is 6.31. The molecule has 138 valence electrons. The molecule has 1 aromatic carbocycles. The average molecular weight is 380 g/mol. The van der Waals surface area contributed by atoms with Crippen LogP contribution in [0.4, 0.5) is 5.82 Å². The Balaban J connectivity index is 1.34. The summed E-state index contributed by atoms with van der Waals surface area (Å²) >= 11 is 6.09. The molecule has 0 aliphatic heterocycles. The molecule has 1 aromatic heterocycles. The normalized spacial score (nSPS) is 21.2. The van der Waals surface area contributed by atoms with Crippen LogP contribution in [0.1, 0.15) is 48.8 Å². The highest BCUT2D eigenvalue weighted by Gasteiger charge is 2.24. The lowest BCUT2D eigenvalue weighted by Gasteiger charge is -2.30. The van der Waals surface area contributed by atoms with E-state index in [-0.39, 0.29) is 6.10 Å². The number of pyridine rings is 1. The van der Waals surface area contributed by atoms with Crippen LogP contribution in [0.15, 0.2) is 36.5 Å². The Hall–Kier alpha value is -2.51. The van der Waals surface area contributed by atoms with Crippen LogP contribution in [0, 0.1) is 11.3 Å². The molecule has 27 heavy (non-hydrogen) atoms. The van der Waals surface area contributed by atoms with E-state index in [1.165, 1.54) is 11.1 Å². The van der Waals surface area contributed by atoms with Gasteiger partial charge in [0.15, 0.2) is 0 Å². The molecule has 0 atom stereocenters. The van der Waals surface area contributed by atoms with Gasteiger partial charge in [-0.1, -0.05) is 23.8 Å². The van der Waals surface area contributed by atoms with Gasteiger partial charge in [-0.2, -0.15) is 5.26 Å². The molecule has 5 heteroatoms. The summed E-state index contributed by atoms with van der Waals surface area (Å²) in [6, 6.07) is 9.88. The minimum absolute atomic E-state index is 0.185. The minimum atomic E-state index is 0.185. The monoisotopic (exact) mass is 379 g/mol. The van der Waals surface area contributed by atoms with Gasteiger partial charge >= 0.3 is 0 Å². The second-order valence-corrected chi connectivity index (χ2v) is 7.57. The SMILES string of the molecule is N#Cc1ccc(O[C@H]2CC[C@H](Nc3nccc4c3C=CCC4)CC2)cc1Cl. The quantitative estimate of drug-likeness (QED) is 0.775. The molecule has 0 unspecified atom stereocenters. The molecule has 1 heterocycles. The summed E-state index contributed by atoms with van der Waals surface area (Å²) in [5.41, 5.74) is 3.10. The van der Waals surface area contributed by atoms with E-state index in [2.05, 4.69) is 34.6 Å². The van der Waals surface area contributed by atoms with Gasteiger partial charge in [-0.05, 0) is 62.3 Å². The van der Waals surface area contributed by atoms with E-state index >= 15 is 0 Å². The van der Waals surface area contributed by atoms with Gasteiger partial charge in [0, 0.05) is 23.9 Å². The Morgan fingerprint density at radius 2 is 2.04 bits per heavy atom. The van der Waals surface area contributed by atoms with Crippen molar-refractivity contribution in [2.75, 3.05) is 5.32 Å². The van der Waals surface area contributed by atoms with Crippen molar-refractivity contribution in [3.63, 3.8) is 0 Å². The molecule has 2 aromatic rings. The molecule has 0 amide bonds. The lowest BCUT2D eigenvalue weighted by atomic mass is 9.92. The fourth-order valence-electron chi connectivity index (χ4n) is 3.84. The molecule has 0 bridgehead atoms. The maximum atomic E-state index is 8.96.